The van der Waals surface area contributed by atoms with Gasteiger partial charge in [-0.2, -0.15) is 11.8 Å². The van der Waals surface area contributed by atoms with Crippen molar-refractivity contribution in [2.24, 2.45) is 5.92 Å². The molecule has 1 atom stereocenters. The molecule has 0 saturated carbocycles. The van der Waals surface area contributed by atoms with E-state index in [0.717, 1.165) is 12.3 Å². The molecule has 1 N–H and O–H groups in total. The lowest BCUT2D eigenvalue weighted by molar-refractivity contribution is 0.0113. The molecule has 1 rings (SSSR count). The summed E-state index contributed by atoms with van der Waals surface area (Å²) >= 11 is 2.11. The third kappa shape index (κ3) is 6.12. The second kappa shape index (κ2) is 7.65. The van der Waals surface area contributed by atoms with Gasteiger partial charge in [0.25, 0.3) is 0 Å². The Hall–Kier alpha value is 0.270. The second-order valence-electron chi connectivity index (χ2n) is 5.78. The van der Waals surface area contributed by atoms with E-state index in [0.29, 0.717) is 6.04 Å². The van der Waals surface area contributed by atoms with Crippen LogP contribution >= 0.6 is 11.8 Å². The SMILES string of the molecule is CNC(CCC(C)(C)OC)CC1CCSCC1. The van der Waals surface area contributed by atoms with Crippen LogP contribution in [-0.4, -0.2) is 37.3 Å². The largest absolute Gasteiger partial charge is 0.379 e. The van der Waals surface area contributed by atoms with Crippen LogP contribution in [0.2, 0.25) is 0 Å². The number of ether oxygens (including phenoxy) is 1. The van der Waals surface area contributed by atoms with Gasteiger partial charge in [-0.05, 0) is 70.4 Å². The first kappa shape index (κ1) is 15.3. The van der Waals surface area contributed by atoms with Crippen molar-refractivity contribution in [3.05, 3.63) is 0 Å². The Morgan fingerprint density at radius 1 is 1.35 bits per heavy atom. The van der Waals surface area contributed by atoms with Gasteiger partial charge in [-0.1, -0.05) is 0 Å². The summed E-state index contributed by atoms with van der Waals surface area (Å²) in [5.41, 5.74) is 0.0253. The summed E-state index contributed by atoms with van der Waals surface area (Å²) in [6.45, 7) is 4.36. The molecule has 102 valence electrons. The van der Waals surface area contributed by atoms with Crippen LogP contribution in [-0.2, 0) is 4.74 Å². The lowest BCUT2D eigenvalue weighted by atomic mass is 9.90. The fourth-order valence-electron chi connectivity index (χ4n) is 2.39. The van der Waals surface area contributed by atoms with Gasteiger partial charge >= 0.3 is 0 Å². The van der Waals surface area contributed by atoms with E-state index in [1.165, 1.54) is 37.2 Å². The summed E-state index contributed by atoms with van der Waals surface area (Å²) in [6, 6.07) is 0.664. The van der Waals surface area contributed by atoms with Gasteiger partial charge in [0.1, 0.15) is 0 Å². The lowest BCUT2D eigenvalue weighted by Gasteiger charge is -2.29. The molecule has 1 aliphatic rings. The van der Waals surface area contributed by atoms with Crippen molar-refractivity contribution in [3.8, 4) is 0 Å². The first-order chi connectivity index (χ1) is 8.07. The van der Waals surface area contributed by atoms with Crippen molar-refractivity contribution >= 4 is 11.8 Å². The molecular weight excluding hydrogens is 230 g/mol. The number of nitrogens with one attached hydrogen (secondary N) is 1. The average molecular weight is 259 g/mol. The molecule has 17 heavy (non-hydrogen) atoms. The molecule has 2 nitrogen and oxygen atoms in total. The zero-order valence-corrected chi connectivity index (χ0v) is 12.7. The van der Waals surface area contributed by atoms with Gasteiger partial charge in [-0.3, -0.25) is 0 Å². The molecule has 1 aliphatic heterocycles. The predicted molar refractivity (Wildman–Crippen MR) is 77.8 cm³/mol. The smallest absolute Gasteiger partial charge is 0.0623 e. The highest BCUT2D eigenvalue weighted by Crippen LogP contribution is 2.28. The Morgan fingerprint density at radius 2 is 2.00 bits per heavy atom. The summed E-state index contributed by atoms with van der Waals surface area (Å²) in [6.07, 6.45) is 6.53. The fraction of sp³-hybridized carbons (Fsp3) is 1.00. The van der Waals surface area contributed by atoms with E-state index < -0.39 is 0 Å². The highest BCUT2D eigenvalue weighted by atomic mass is 32.2. The third-order valence-corrected chi connectivity index (χ3v) is 5.06. The van der Waals surface area contributed by atoms with E-state index in [9.17, 15) is 0 Å². The molecule has 0 spiro atoms. The van der Waals surface area contributed by atoms with Crippen LogP contribution < -0.4 is 5.32 Å². The summed E-state index contributed by atoms with van der Waals surface area (Å²) in [5, 5.41) is 3.48. The van der Waals surface area contributed by atoms with E-state index in [-0.39, 0.29) is 5.60 Å². The number of hydrogen-bond donors (Lipinski definition) is 1. The topological polar surface area (TPSA) is 21.3 Å². The zero-order chi connectivity index (χ0) is 12.7. The predicted octanol–water partition coefficient (Wildman–Crippen LogP) is 3.31. The van der Waals surface area contributed by atoms with Crippen molar-refractivity contribution in [3.63, 3.8) is 0 Å². The summed E-state index contributed by atoms with van der Waals surface area (Å²) in [4.78, 5) is 0. The number of hydrogen-bond acceptors (Lipinski definition) is 3. The Kier molecular flexibility index (Phi) is 6.90. The summed E-state index contributed by atoms with van der Waals surface area (Å²) in [7, 11) is 3.91. The van der Waals surface area contributed by atoms with Crippen LogP contribution in [0.5, 0.6) is 0 Å². The molecular formula is C14H29NOS. The van der Waals surface area contributed by atoms with Gasteiger partial charge in [0, 0.05) is 13.2 Å². The minimum atomic E-state index is 0.0253. The normalized spacial score (nSPS) is 20.5. The molecule has 1 fully saturated rings. The van der Waals surface area contributed by atoms with Gasteiger partial charge in [0.2, 0.25) is 0 Å². The van der Waals surface area contributed by atoms with E-state index in [1.807, 2.05) is 7.11 Å². The van der Waals surface area contributed by atoms with Gasteiger partial charge in [0.05, 0.1) is 5.60 Å². The quantitative estimate of drug-likeness (QED) is 0.758. The molecule has 0 radical (unpaired) electrons. The second-order valence-corrected chi connectivity index (χ2v) is 7.00. The number of methoxy groups -OCH3 is 1. The average Bonchev–Trinajstić information content (AvgIpc) is 2.35. The van der Waals surface area contributed by atoms with E-state index >= 15 is 0 Å². The highest BCUT2D eigenvalue weighted by Gasteiger charge is 2.22. The maximum Gasteiger partial charge on any atom is 0.0623 e. The van der Waals surface area contributed by atoms with E-state index in [2.05, 4.69) is 38.0 Å². The van der Waals surface area contributed by atoms with Crippen molar-refractivity contribution in [1.82, 2.24) is 5.32 Å². The van der Waals surface area contributed by atoms with Crippen LogP contribution in [0, 0.1) is 5.92 Å². The number of rotatable bonds is 7. The minimum Gasteiger partial charge on any atom is -0.379 e. The van der Waals surface area contributed by atoms with Crippen LogP contribution in [0.1, 0.15) is 46.0 Å². The van der Waals surface area contributed by atoms with Crippen LogP contribution in [0.4, 0.5) is 0 Å². The Bertz CT molecular complexity index is 202. The van der Waals surface area contributed by atoms with Crippen LogP contribution in [0.15, 0.2) is 0 Å². The van der Waals surface area contributed by atoms with E-state index in [1.54, 1.807) is 0 Å². The van der Waals surface area contributed by atoms with Gasteiger partial charge < -0.3 is 10.1 Å². The molecule has 1 saturated heterocycles. The number of thioether (sulfide) groups is 1. The monoisotopic (exact) mass is 259 g/mol. The van der Waals surface area contributed by atoms with Crippen LogP contribution in [0.3, 0.4) is 0 Å². The minimum absolute atomic E-state index is 0.0253. The molecule has 0 bridgehead atoms. The van der Waals surface area contributed by atoms with Crippen molar-refractivity contribution in [1.29, 1.82) is 0 Å². The molecule has 0 aliphatic carbocycles. The van der Waals surface area contributed by atoms with Gasteiger partial charge in [-0.15, -0.1) is 0 Å². The zero-order valence-electron chi connectivity index (χ0n) is 11.9. The van der Waals surface area contributed by atoms with Crippen LogP contribution in [0.25, 0.3) is 0 Å². The molecule has 3 heteroatoms. The Labute approximate surface area is 111 Å². The summed E-state index contributed by atoms with van der Waals surface area (Å²) < 4.78 is 5.49. The maximum atomic E-state index is 5.49. The molecule has 1 heterocycles. The first-order valence-corrected chi connectivity index (χ1v) is 8.03. The van der Waals surface area contributed by atoms with Gasteiger partial charge in [0.15, 0.2) is 0 Å². The molecule has 0 amide bonds. The fourth-order valence-corrected chi connectivity index (χ4v) is 3.59. The Morgan fingerprint density at radius 3 is 2.53 bits per heavy atom. The van der Waals surface area contributed by atoms with Gasteiger partial charge in [-0.25, -0.2) is 0 Å². The molecule has 0 aromatic carbocycles. The standard InChI is InChI=1S/C14H29NOS/c1-14(2,16-4)8-5-13(15-3)11-12-6-9-17-10-7-12/h12-13,15H,5-11H2,1-4H3. The highest BCUT2D eigenvalue weighted by molar-refractivity contribution is 7.99. The summed E-state index contributed by atoms with van der Waals surface area (Å²) in [5.74, 6) is 3.68. The maximum absolute atomic E-state index is 5.49. The molecule has 1 unspecified atom stereocenters. The molecule has 0 aromatic rings. The Balaban J connectivity index is 2.27. The van der Waals surface area contributed by atoms with Crippen molar-refractivity contribution < 1.29 is 4.74 Å². The third-order valence-electron chi connectivity index (χ3n) is 4.01. The molecule has 0 aromatic heterocycles. The van der Waals surface area contributed by atoms with Crippen molar-refractivity contribution in [2.45, 2.75) is 57.6 Å². The lowest BCUT2D eigenvalue weighted by Crippen LogP contribution is -2.32. The first-order valence-electron chi connectivity index (χ1n) is 6.87. The van der Waals surface area contributed by atoms with Crippen molar-refractivity contribution in [2.75, 3.05) is 25.7 Å². The van der Waals surface area contributed by atoms with E-state index in [4.69, 9.17) is 4.74 Å².